The quantitative estimate of drug-likeness (QED) is 0.560. The highest BCUT2D eigenvalue weighted by Crippen LogP contribution is 2.37. The highest BCUT2D eigenvalue weighted by atomic mass is 16.5. The molecular weight excluding hydrogens is 404 g/mol. The molecule has 0 N–H and O–H groups in total. The minimum Gasteiger partial charge on any atom is -0.465 e. The predicted octanol–water partition coefficient (Wildman–Crippen LogP) is 4.73. The molecule has 1 amide bonds. The molecule has 1 aliphatic heterocycles. The van der Waals surface area contributed by atoms with Crippen LogP contribution in [0, 0.1) is 5.92 Å². The number of fused-ring (bicyclic) bond motifs is 2. The molecule has 2 aromatic heterocycles. The van der Waals surface area contributed by atoms with Crippen molar-refractivity contribution >= 4 is 34.4 Å². The first-order chi connectivity index (χ1) is 15.6. The molecule has 6 nitrogen and oxygen atoms in total. The van der Waals surface area contributed by atoms with Gasteiger partial charge >= 0.3 is 5.97 Å². The highest BCUT2D eigenvalue weighted by Gasteiger charge is 2.29. The Morgan fingerprint density at radius 3 is 2.75 bits per heavy atom. The molecule has 0 bridgehead atoms. The molecule has 6 heteroatoms. The van der Waals surface area contributed by atoms with Gasteiger partial charge in [0, 0.05) is 18.5 Å². The number of hydrogen-bond donors (Lipinski definition) is 0. The van der Waals surface area contributed by atoms with Gasteiger partial charge in [-0.3, -0.25) is 4.79 Å². The lowest BCUT2D eigenvalue weighted by Gasteiger charge is -2.30. The van der Waals surface area contributed by atoms with Gasteiger partial charge in [0.1, 0.15) is 5.76 Å². The third-order valence-electron chi connectivity index (χ3n) is 6.47. The van der Waals surface area contributed by atoms with Gasteiger partial charge in [0.2, 0.25) is 0 Å². The number of para-hydroxylation sites is 1. The van der Waals surface area contributed by atoms with Crippen LogP contribution in [0.3, 0.4) is 0 Å². The average Bonchev–Trinajstić information content (AvgIpc) is 3.46. The number of amides is 1. The molecule has 3 aromatic rings. The van der Waals surface area contributed by atoms with E-state index in [1.807, 2.05) is 42.5 Å². The molecule has 0 unspecified atom stereocenters. The molecule has 1 aliphatic carbocycles. The number of pyridine rings is 1. The van der Waals surface area contributed by atoms with Gasteiger partial charge in [-0.2, -0.15) is 0 Å². The van der Waals surface area contributed by atoms with Crippen LogP contribution < -0.4 is 0 Å². The summed E-state index contributed by atoms with van der Waals surface area (Å²) < 4.78 is 11.0. The smallest absolute Gasteiger partial charge is 0.339 e. The number of nitrogens with zero attached hydrogens (tertiary/aromatic N) is 2. The number of furan rings is 1. The van der Waals surface area contributed by atoms with Gasteiger partial charge in [0.05, 0.1) is 23.0 Å². The monoisotopic (exact) mass is 430 g/mol. The van der Waals surface area contributed by atoms with E-state index in [1.54, 1.807) is 11.2 Å². The van der Waals surface area contributed by atoms with E-state index in [9.17, 15) is 9.59 Å². The summed E-state index contributed by atoms with van der Waals surface area (Å²) in [4.78, 5) is 32.4. The fraction of sp³-hybridized carbons (Fsp3) is 0.346. The van der Waals surface area contributed by atoms with Crippen LogP contribution in [0.1, 0.15) is 53.6 Å². The van der Waals surface area contributed by atoms with Gasteiger partial charge < -0.3 is 14.1 Å². The van der Waals surface area contributed by atoms with E-state index in [4.69, 9.17) is 14.1 Å². The number of piperidine rings is 1. The van der Waals surface area contributed by atoms with Crippen LogP contribution in [0.2, 0.25) is 0 Å². The number of allylic oxidation sites excluding steroid dienone is 1. The first kappa shape index (κ1) is 20.5. The summed E-state index contributed by atoms with van der Waals surface area (Å²) in [5.41, 5.74) is 3.98. The second kappa shape index (κ2) is 8.61. The average molecular weight is 431 g/mol. The molecule has 2 aliphatic rings. The van der Waals surface area contributed by atoms with Crippen molar-refractivity contribution < 1.29 is 18.7 Å². The van der Waals surface area contributed by atoms with Crippen molar-refractivity contribution in [3.8, 4) is 0 Å². The third kappa shape index (κ3) is 3.93. The number of rotatable bonds is 4. The van der Waals surface area contributed by atoms with Crippen molar-refractivity contribution in [3.63, 3.8) is 0 Å². The summed E-state index contributed by atoms with van der Waals surface area (Å²) >= 11 is 0. The fourth-order valence-electron chi connectivity index (χ4n) is 4.61. The normalized spacial score (nSPS) is 17.7. The van der Waals surface area contributed by atoms with E-state index < -0.39 is 5.97 Å². The molecule has 1 aromatic carbocycles. The number of esters is 1. The maximum atomic E-state index is 13.2. The Balaban J connectivity index is 1.43. The van der Waals surface area contributed by atoms with Crippen molar-refractivity contribution in [2.45, 2.75) is 32.6 Å². The minimum atomic E-state index is -0.460. The molecular formula is C26H26N2O4. The van der Waals surface area contributed by atoms with Gasteiger partial charge in [-0.1, -0.05) is 25.1 Å². The van der Waals surface area contributed by atoms with Gasteiger partial charge in [-0.25, -0.2) is 9.78 Å². The van der Waals surface area contributed by atoms with E-state index in [0.29, 0.717) is 17.9 Å². The zero-order valence-electron chi connectivity index (χ0n) is 18.2. The Hall–Kier alpha value is -3.41. The number of hydrogen-bond acceptors (Lipinski definition) is 5. The molecule has 0 atom stereocenters. The zero-order chi connectivity index (χ0) is 22.1. The Bertz CT molecular complexity index is 1190. The SMILES string of the molecule is CC1CCN(C(=O)COC(=O)c2c3c(nc4ccccc24)C(=Cc2ccco2)CC3)CC1. The first-order valence-electron chi connectivity index (χ1n) is 11.2. The van der Waals surface area contributed by atoms with Crippen LogP contribution in [-0.4, -0.2) is 41.5 Å². The van der Waals surface area contributed by atoms with Crippen LogP contribution in [0.25, 0.3) is 22.6 Å². The maximum Gasteiger partial charge on any atom is 0.339 e. The molecule has 1 fully saturated rings. The van der Waals surface area contributed by atoms with Crippen LogP contribution in [0.5, 0.6) is 0 Å². The van der Waals surface area contributed by atoms with Crippen molar-refractivity contribution in [1.82, 2.24) is 9.88 Å². The summed E-state index contributed by atoms with van der Waals surface area (Å²) in [5, 5.41) is 0.759. The number of ether oxygens (including phenoxy) is 1. The summed E-state index contributed by atoms with van der Waals surface area (Å²) in [7, 11) is 0. The van der Waals surface area contributed by atoms with Gasteiger partial charge in [0.15, 0.2) is 6.61 Å². The summed E-state index contributed by atoms with van der Waals surface area (Å²) in [6, 6.07) is 11.3. The van der Waals surface area contributed by atoms with Gasteiger partial charge in [-0.15, -0.1) is 0 Å². The minimum absolute atomic E-state index is 0.126. The summed E-state index contributed by atoms with van der Waals surface area (Å²) in [6.45, 7) is 3.43. The summed E-state index contributed by atoms with van der Waals surface area (Å²) in [6.07, 6.45) is 7.06. The second-order valence-electron chi connectivity index (χ2n) is 8.66. The van der Waals surface area contributed by atoms with Crippen LogP contribution in [-0.2, 0) is 16.0 Å². The van der Waals surface area contributed by atoms with Crippen LogP contribution in [0.15, 0.2) is 47.1 Å². The van der Waals surface area contributed by atoms with Crippen LogP contribution >= 0.6 is 0 Å². The maximum absolute atomic E-state index is 13.2. The Morgan fingerprint density at radius 1 is 1.16 bits per heavy atom. The lowest BCUT2D eigenvalue weighted by Crippen LogP contribution is -2.40. The van der Waals surface area contributed by atoms with Gasteiger partial charge in [-0.05, 0) is 67.0 Å². The third-order valence-corrected chi connectivity index (χ3v) is 6.47. The second-order valence-corrected chi connectivity index (χ2v) is 8.66. The molecule has 3 heterocycles. The van der Waals surface area contributed by atoms with E-state index in [-0.39, 0.29) is 12.5 Å². The molecule has 1 saturated heterocycles. The Morgan fingerprint density at radius 2 is 1.97 bits per heavy atom. The number of carbonyl (C=O) groups excluding carboxylic acids is 2. The Labute approximate surface area is 186 Å². The zero-order valence-corrected chi connectivity index (χ0v) is 18.2. The number of carbonyl (C=O) groups is 2. The van der Waals surface area contributed by atoms with Crippen LogP contribution in [0.4, 0.5) is 0 Å². The summed E-state index contributed by atoms with van der Waals surface area (Å²) in [5.74, 6) is 0.806. The van der Waals surface area contributed by atoms with Crippen molar-refractivity contribution in [2.24, 2.45) is 5.92 Å². The fourth-order valence-corrected chi connectivity index (χ4v) is 4.61. The molecule has 32 heavy (non-hydrogen) atoms. The lowest BCUT2D eigenvalue weighted by molar-refractivity contribution is -0.135. The number of aromatic nitrogens is 1. The molecule has 0 saturated carbocycles. The molecule has 0 spiro atoms. The topological polar surface area (TPSA) is 72.6 Å². The molecule has 164 valence electrons. The Kier molecular flexibility index (Phi) is 5.52. The van der Waals surface area contributed by atoms with E-state index in [2.05, 4.69) is 6.92 Å². The van der Waals surface area contributed by atoms with E-state index in [0.717, 1.165) is 65.8 Å². The van der Waals surface area contributed by atoms with Crippen molar-refractivity contribution in [1.29, 1.82) is 0 Å². The molecule has 0 radical (unpaired) electrons. The van der Waals surface area contributed by atoms with E-state index >= 15 is 0 Å². The lowest BCUT2D eigenvalue weighted by atomic mass is 9.99. The van der Waals surface area contributed by atoms with Gasteiger partial charge in [0.25, 0.3) is 5.91 Å². The van der Waals surface area contributed by atoms with Crippen molar-refractivity contribution in [3.05, 3.63) is 65.2 Å². The number of likely N-dealkylation sites (tertiary alicyclic amines) is 1. The number of benzene rings is 1. The first-order valence-corrected chi connectivity index (χ1v) is 11.2. The van der Waals surface area contributed by atoms with Crippen molar-refractivity contribution in [2.75, 3.05) is 19.7 Å². The highest BCUT2D eigenvalue weighted by molar-refractivity contribution is 6.07. The standard InChI is InChI=1S/C26H26N2O4/c1-17-10-12-28(13-11-17)23(29)16-32-26(30)24-20-6-2-3-7-22(20)27-25-18(8-9-21(24)25)15-19-5-4-14-31-19/h2-7,14-15,17H,8-13,16H2,1H3. The van der Waals surface area contributed by atoms with E-state index in [1.165, 1.54) is 0 Å². The largest absolute Gasteiger partial charge is 0.465 e. The molecule has 5 rings (SSSR count). The predicted molar refractivity (Wildman–Crippen MR) is 122 cm³/mol.